The van der Waals surface area contributed by atoms with Crippen LogP contribution in [0.3, 0.4) is 0 Å². The summed E-state index contributed by atoms with van der Waals surface area (Å²) >= 11 is 0. The highest BCUT2D eigenvalue weighted by atomic mass is 16.6. The van der Waals surface area contributed by atoms with Crippen molar-refractivity contribution in [2.24, 2.45) is 0 Å². The summed E-state index contributed by atoms with van der Waals surface area (Å²) in [5, 5.41) is 17.0. The van der Waals surface area contributed by atoms with Crippen molar-refractivity contribution in [2.75, 3.05) is 32.9 Å². The van der Waals surface area contributed by atoms with Gasteiger partial charge in [-0.2, -0.15) is 5.48 Å². The number of aliphatic hydroxyl groups is 2. The first-order chi connectivity index (χ1) is 6.81. The van der Waals surface area contributed by atoms with E-state index in [0.29, 0.717) is 18.8 Å². The van der Waals surface area contributed by atoms with Crippen LogP contribution in [0.1, 0.15) is 0 Å². The first kappa shape index (κ1) is 11.1. The number of carbonyl (C=O) groups is 1. The number of β-amino-alcohol motifs (C(OH)–C–C–N with tert-alkyl or cyclic N) is 1. The third-order valence-corrected chi connectivity index (χ3v) is 1.70. The molecule has 1 aliphatic heterocycles. The molecule has 0 aromatic heterocycles. The van der Waals surface area contributed by atoms with Crippen LogP contribution in [0.25, 0.3) is 0 Å². The zero-order valence-corrected chi connectivity index (χ0v) is 7.77. The predicted octanol–water partition coefficient (Wildman–Crippen LogP) is -1.78. The Kier molecular flexibility index (Phi) is 4.54. The third kappa shape index (κ3) is 3.08. The summed E-state index contributed by atoms with van der Waals surface area (Å²) in [6, 6.07) is 0. The van der Waals surface area contributed by atoms with Gasteiger partial charge in [0.05, 0.1) is 19.8 Å². The molecule has 0 aromatic carbocycles. The lowest BCUT2D eigenvalue weighted by Gasteiger charge is -1.98. The van der Waals surface area contributed by atoms with E-state index in [4.69, 9.17) is 15.1 Å². The third-order valence-electron chi connectivity index (χ3n) is 1.70. The summed E-state index contributed by atoms with van der Waals surface area (Å²) in [7, 11) is 0. The van der Waals surface area contributed by atoms with Crippen molar-refractivity contribution in [1.82, 2.24) is 10.4 Å². The molecule has 14 heavy (non-hydrogen) atoms. The molecule has 0 aliphatic carbocycles. The normalized spacial score (nSPS) is 18.0. The molecule has 0 aromatic rings. The molecule has 3 N–H and O–H groups in total. The van der Waals surface area contributed by atoms with Crippen LogP contribution in [-0.4, -0.2) is 53.9 Å². The molecule has 80 valence electrons. The monoisotopic (exact) mass is 202 g/mol. The molecule has 1 amide bonds. The smallest absolute Gasteiger partial charge is 0.274 e. The van der Waals surface area contributed by atoms with Crippen LogP contribution in [0.4, 0.5) is 0 Å². The summed E-state index contributed by atoms with van der Waals surface area (Å²) < 4.78 is 0. The van der Waals surface area contributed by atoms with Gasteiger partial charge in [-0.15, -0.1) is 0 Å². The molecule has 0 radical (unpaired) electrons. The van der Waals surface area contributed by atoms with Crippen molar-refractivity contribution in [2.45, 2.75) is 0 Å². The van der Waals surface area contributed by atoms with Gasteiger partial charge in [0, 0.05) is 13.1 Å². The van der Waals surface area contributed by atoms with E-state index in [1.165, 1.54) is 4.90 Å². The summed E-state index contributed by atoms with van der Waals surface area (Å²) in [5.41, 5.74) is 3.08. The lowest BCUT2D eigenvalue weighted by molar-refractivity contribution is -0.113. The molecule has 0 unspecified atom stereocenters. The summed E-state index contributed by atoms with van der Waals surface area (Å²) in [6.07, 6.45) is 1.63. The number of hydrogen-bond donors (Lipinski definition) is 3. The Hall–Kier alpha value is -0.950. The summed E-state index contributed by atoms with van der Waals surface area (Å²) in [4.78, 5) is 17.3. The number of rotatable bonds is 7. The fourth-order valence-electron chi connectivity index (χ4n) is 1.01. The molecule has 1 fully saturated rings. The second-order valence-electron chi connectivity index (χ2n) is 2.70. The zero-order valence-electron chi connectivity index (χ0n) is 7.77. The number of hydrogen-bond acceptors (Lipinski definition) is 5. The Balaban J connectivity index is 2.11. The van der Waals surface area contributed by atoms with E-state index in [2.05, 4.69) is 5.48 Å². The Morgan fingerprint density at radius 3 is 2.86 bits per heavy atom. The highest BCUT2D eigenvalue weighted by Gasteiger charge is 2.37. The molecule has 1 heterocycles. The highest BCUT2D eigenvalue weighted by molar-refractivity contribution is 6.09. The minimum Gasteiger partial charge on any atom is -0.395 e. The van der Waals surface area contributed by atoms with E-state index < -0.39 is 0 Å². The number of carbonyl (C=O) groups excluding carboxylic acids is 1. The number of amides is 1. The SMILES string of the molecule is O=C1C(=CCONCCO)N1CCO. The van der Waals surface area contributed by atoms with E-state index in [0.717, 1.165) is 0 Å². The second-order valence-corrected chi connectivity index (χ2v) is 2.70. The Bertz CT molecular complexity index is 229. The lowest BCUT2D eigenvalue weighted by Crippen LogP contribution is -2.18. The van der Waals surface area contributed by atoms with Crippen molar-refractivity contribution < 1.29 is 19.8 Å². The predicted molar refractivity (Wildman–Crippen MR) is 47.9 cm³/mol. The minimum absolute atomic E-state index is 0.00609. The molecular weight excluding hydrogens is 188 g/mol. The fourth-order valence-corrected chi connectivity index (χ4v) is 1.01. The average molecular weight is 202 g/mol. The number of nitrogens with zero attached hydrogens (tertiary/aromatic N) is 1. The van der Waals surface area contributed by atoms with Gasteiger partial charge in [-0.25, -0.2) is 0 Å². The molecule has 1 aliphatic rings. The van der Waals surface area contributed by atoms with Gasteiger partial charge in [0.2, 0.25) is 0 Å². The first-order valence-corrected chi connectivity index (χ1v) is 4.39. The molecule has 0 spiro atoms. The quantitative estimate of drug-likeness (QED) is 0.197. The van der Waals surface area contributed by atoms with Crippen LogP contribution in [0.15, 0.2) is 11.8 Å². The maximum absolute atomic E-state index is 11.0. The molecule has 0 atom stereocenters. The van der Waals surface area contributed by atoms with Crippen LogP contribution in [0.2, 0.25) is 0 Å². The van der Waals surface area contributed by atoms with Crippen molar-refractivity contribution in [3.05, 3.63) is 11.8 Å². The van der Waals surface area contributed by atoms with E-state index in [9.17, 15) is 4.79 Å². The highest BCUT2D eigenvalue weighted by Crippen LogP contribution is 2.22. The van der Waals surface area contributed by atoms with Crippen LogP contribution in [0, 0.1) is 0 Å². The number of nitrogens with one attached hydrogen (secondary N) is 1. The largest absolute Gasteiger partial charge is 0.395 e. The van der Waals surface area contributed by atoms with Gasteiger partial charge in [0.1, 0.15) is 5.70 Å². The molecular formula is C8H14N2O4. The van der Waals surface area contributed by atoms with Crippen LogP contribution < -0.4 is 5.48 Å². The lowest BCUT2D eigenvalue weighted by atomic mass is 10.5. The topological polar surface area (TPSA) is 81.8 Å². The molecule has 0 bridgehead atoms. The van der Waals surface area contributed by atoms with Gasteiger partial charge >= 0.3 is 0 Å². The summed E-state index contributed by atoms with van der Waals surface area (Å²) in [6.45, 7) is 0.939. The van der Waals surface area contributed by atoms with Crippen molar-refractivity contribution in [3.8, 4) is 0 Å². The standard InChI is InChI=1S/C8H14N2O4/c11-4-2-9-14-6-1-7-8(13)10(7)3-5-12/h1,9,11-12H,2-6H2. The van der Waals surface area contributed by atoms with Crippen molar-refractivity contribution in [3.63, 3.8) is 0 Å². The minimum atomic E-state index is -0.0650. The Labute approximate surface area is 81.7 Å². The zero-order chi connectivity index (χ0) is 10.4. The van der Waals surface area contributed by atoms with E-state index in [1.807, 2.05) is 0 Å². The van der Waals surface area contributed by atoms with Gasteiger partial charge in [-0.05, 0) is 6.08 Å². The van der Waals surface area contributed by atoms with Crippen LogP contribution >= 0.6 is 0 Å². The van der Waals surface area contributed by atoms with Crippen molar-refractivity contribution in [1.29, 1.82) is 0 Å². The molecule has 1 saturated heterocycles. The van der Waals surface area contributed by atoms with Gasteiger partial charge in [-0.1, -0.05) is 0 Å². The Morgan fingerprint density at radius 1 is 1.43 bits per heavy atom. The molecule has 6 heteroatoms. The first-order valence-electron chi connectivity index (χ1n) is 4.39. The number of hydroxylamine groups is 1. The van der Waals surface area contributed by atoms with E-state index in [-0.39, 0.29) is 25.7 Å². The molecule has 1 rings (SSSR count). The maximum atomic E-state index is 11.0. The van der Waals surface area contributed by atoms with Gasteiger partial charge in [-0.3, -0.25) is 9.63 Å². The average Bonchev–Trinajstić information content (AvgIpc) is 2.78. The molecule has 6 nitrogen and oxygen atoms in total. The van der Waals surface area contributed by atoms with E-state index >= 15 is 0 Å². The molecule has 0 saturated carbocycles. The number of aliphatic hydroxyl groups excluding tert-OH is 2. The van der Waals surface area contributed by atoms with Crippen LogP contribution in [-0.2, 0) is 9.63 Å². The van der Waals surface area contributed by atoms with E-state index in [1.54, 1.807) is 6.08 Å². The Morgan fingerprint density at radius 2 is 2.21 bits per heavy atom. The fraction of sp³-hybridized carbons (Fsp3) is 0.625. The summed E-state index contributed by atoms with van der Waals surface area (Å²) in [5.74, 6) is -0.0650. The second kappa shape index (κ2) is 5.71. The van der Waals surface area contributed by atoms with Gasteiger partial charge in [0.15, 0.2) is 0 Å². The maximum Gasteiger partial charge on any atom is 0.274 e. The van der Waals surface area contributed by atoms with Gasteiger partial charge < -0.3 is 15.1 Å². The van der Waals surface area contributed by atoms with Crippen LogP contribution in [0.5, 0.6) is 0 Å². The van der Waals surface area contributed by atoms with Gasteiger partial charge in [0.25, 0.3) is 5.91 Å². The van der Waals surface area contributed by atoms with Crippen molar-refractivity contribution >= 4 is 5.91 Å².